The van der Waals surface area contributed by atoms with E-state index >= 15 is 0 Å². The highest BCUT2D eigenvalue weighted by atomic mass is 19.3. The van der Waals surface area contributed by atoms with E-state index < -0.39 is 19.0 Å². The molecule has 22 heavy (non-hydrogen) atoms. The zero-order chi connectivity index (χ0) is 16.7. The Morgan fingerprint density at radius 3 is 2.59 bits per heavy atom. The molecule has 5 nitrogen and oxygen atoms in total. The molecular weight excluding hydrogens is 292 g/mol. The number of alkyl halides is 2. The number of urea groups is 1. The van der Waals surface area contributed by atoms with Crippen LogP contribution in [0.5, 0.6) is 0 Å². The van der Waals surface area contributed by atoms with Gasteiger partial charge >= 0.3 is 6.03 Å². The number of halogens is 2. The summed E-state index contributed by atoms with van der Waals surface area (Å²) < 4.78 is 24.9. The third-order valence-corrected chi connectivity index (χ3v) is 3.29. The molecule has 7 heteroatoms. The van der Waals surface area contributed by atoms with Gasteiger partial charge < -0.3 is 20.2 Å². The highest BCUT2D eigenvalue weighted by molar-refractivity contribution is 5.90. The first kappa shape index (κ1) is 18.2. The second kappa shape index (κ2) is 8.53. The lowest BCUT2D eigenvalue weighted by Gasteiger charge is -2.25. The summed E-state index contributed by atoms with van der Waals surface area (Å²) in [6, 6.07) is 6.79. The molecule has 124 valence electrons. The van der Waals surface area contributed by atoms with Crippen LogP contribution in [0.3, 0.4) is 0 Å². The number of rotatable bonds is 7. The summed E-state index contributed by atoms with van der Waals surface area (Å²) >= 11 is 0. The first-order chi connectivity index (χ1) is 10.3. The lowest BCUT2D eigenvalue weighted by atomic mass is 10.2. The third kappa shape index (κ3) is 5.48. The minimum atomic E-state index is -2.64. The first-order valence-corrected chi connectivity index (χ1v) is 7.13. The number of aliphatic hydroxyl groups excluding tert-OH is 1. The Kier molecular flexibility index (Phi) is 7.04. The number of nitrogens with one attached hydrogen (secondary N) is 1. The van der Waals surface area contributed by atoms with Crippen LogP contribution in [0.25, 0.3) is 0 Å². The molecule has 1 rings (SSSR count). The molecule has 0 aliphatic rings. The molecule has 0 unspecified atom stereocenters. The maximum atomic E-state index is 12.5. The molecule has 0 atom stereocenters. The van der Waals surface area contributed by atoms with Crippen LogP contribution in [-0.4, -0.2) is 55.2 Å². The number of benzene rings is 1. The average molecular weight is 315 g/mol. The van der Waals surface area contributed by atoms with Crippen molar-refractivity contribution in [3.8, 4) is 0 Å². The predicted molar refractivity (Wildman–Crippen MR) is 83.7 cm³/mol. The van der Waals surface area contributed by atoms with Crippen LogP contribution >= 0.6 is 0 Å². The fraction of sp³-hybridized carbons (Fsp3) is 0.533. The van der Waals surface area contributed by atoms with Crippen LogP contribution in [0.4, 0.5) is 25.0 Å². The van der Waals surface area contributed by atoms with Crippen molar-refractivity contribution < 1.29 is 18.7 Å². The van der Waals surface area contributed by atoms with Crippen molar-refractivity contribution in [2.75, 3.05) is 37.0 Å². The molecule has 0 aromatic heterocycles. The van der Waals surface area contributed by atoms with Gasteiger partial charge in [-0.25, -0.2) is 13.6 Å². The van der Waals surface area contributed by atoms with Gasteiger partial charge in [0.25, 0.3) is 6.43 Å². The highest BCUT2D eigenvalue weighted by Crippen LogP contribution is 2.20. The molecule has 0 saturated carbocycles. The number of anilines is 2. The van der Waals surface area contributed by atoms with Gasteiger partial charge in [-0.1, -0.05) is 6.07 Å². The fourth-order valence-electron chi connectivity index (χ4n) is 1.87. The SMILES string of the molecule is CC(C)N(C)c1cccc(NC(=O)N(CCO)CC(F)F)c1. The molecule has 0 aliphatic carbocycles. The average Bonchev–Trinajstić information content (AvgIpc) is 2.45. The summed E-state index contributed by atoms with van der Waals surface area (Å²) in [4.78, 5) is 14.9. The van der Waals surface area contributed by atoms with Crippen molar-refractivity contribution in [1.29, 1.82) is 0 Å². The van der Waals surface area contributed by atoms with Crippen molar-refractivity contribution in [3.63, 3.8) is 0 Å². The molecule has 0 radical (unpaired) electrons. The summed E-state index contributed by atoms with van der Waals surface area (Å²) in [5.74, 6) is 0. The predicted octanol–water partition coefficient (Wildman–Crippen LogP) is 2.62. The first-order valence-electron chi connectivity index (χ1n) is 7.13. The molecule has 0 aliphatic heterocycles. The number of hydrogen-bond donors (Lipinski definition) is 2. The maximum absolute atomic E-state index is 12.5. The Morgan fingerprint density at radius 2 is 2.05 bits per heavy atom. The van der Waals surface area contributed by atoms with Crippen molar-refractivity contribution in [1.82, 2.24) is 4.90 Å². The number of amides is 2. The second-order valence-electron chi connectivity index (χ2n) is 5.25. The van der Waals surface area contributed by atoms with Crippen molar-refractivity contribution in [3.05, 3.63) is 24.3 Å². The number of aliphatic hydroxyl groups is 1. The van der Waals surface area contributed by atoms with Crippen LogP contribution < -0.4 is 10.2 Å². The summed E-state index contributed by atoms with van der Waals surface area (Å²) in [5.41, 5.74) is 1.43. The Labute approximate surface area is 129 Å². The summed E-state index contributed by atoms with van der Waals surface area (Å²) in [6.07, 6.45) is -2.64. The minimum Gasteiger partial charge on any atom is -0.395 e. The van der Waals surface area contributed by atoms with Crippen LogP contribution in [0, 0.1) is 0 Å². The van der Waals surface area contributed by atoms with E-state index in [0.717, 1.165) is 10.6 Å². The molecule has 2 N–H and O–H groups in total. The van der Waals surface area contributed by atoms with Gasteiger partial charge in [0, 0.05) is 31.0 Å². The van der Waals surface area contributed by atoms with E-state index in [0.29, 0.717) is 5.69 Å². The van der Waals surface area contributed by atoms with E-state index in [4.69, 9.17) is 5.11 Å². The molecule has 2 amide bonds. The molecule has 0 fully saturated rings. The lowest BCUT2D eigenvalue weighted by molar-refractivity contribution is 0.0943. The highest BCUT2D eigenvalue weighted by Gasteiger charge is 2.18. The molecule has 0 spiro atoms. The van der Waals surface area contributed by atoms with E-state index in [-0.39, 0.29) is 19.2 Å². The van der Waals surface area contributed by atoms with E-state index in [1.54, 1.807) is 18.2 Å². The Balaban J connectivity index is 2.80. The van der Waals surface area contributed by atoms with E-state index in [2.05, 4.69) is 5.32 Å². The van der Waals surface area contributed by atoms with Gasteiger partial charge in [-0.2, -0.15) is 0 Å². The van der Waals surface area contributed by atoms with Crippen LogP contribution in [0.2, 0.25) is 0 Å². The Bertz CT molecular complexity index is 484. The summed E-state index contributed by atoms with van der Waals surface area (Å²) in [7, 11) is 1.93. The largest absolute Gasteiger partial charge is 0.395 e. The summed E-state index contributed by atoms with van der Waals surface area (Å²) in [5, 5.41) is 11.5. The zero-order valence-corrected chi connectivity index (χ0v) is 13.1. The van der Waals surface area contributed by atoms with E-state index in [1.165, 1.54) is 0 Å². The van der Waals surface area contributed by atoms with Gasteiger partial charge in [-0.15, -0.1) is 0 Å². The van der Waals surface area contributed by atoms with E-state index in [9.17, 15) is 13.6 Å². The number of nitrogens with zero attached hydrogens (tertiary/aromatic N) is 2. The van der Waals surface area contributed by atoms with Gasteiger partial charge in [-0.3, -0.25) is 0 Å². The summed E-state index contributed by atoms with van der Waals surface area (Å²) in [6.45, 7) is 2.86. The Hall–Kier alpha value is -1.89. The van der Waals surface area contributed by atoms with Crippen LogP contribution in [0.15, 0.2) is 24.3 Å². The van der Waals surface area contributed by atoms with Crippen LogP contribution in [-0.2, 0) is 0 Å². The topological polar surface area (TPSA) is 55.8 Å². The monoisotopic (exact) mass is 315 g/mol. The van der Waals surface area contributed by atoms with Crippen molar-refractivity contribution in [2.24, 2.45) is 0 Å². The molecular formula is C15H23F2N3O2. The van der Waals surface area contributed by atoms with Crippen molar-refractivity contribution >= 4 is 17.4 Å². The molecule has 0 saturated heterocycles. The van der Waals surface area contributed by atoms with Gasteiger partial charge in [-0.05, 0) is 32.0 Å². The van der Waals surface area contributed by atoms with Gasteiger partial charge in [0.05, 0.1) is 13.2 Å². The van der Waals surface area contributed by atoms with E-state index in [1.807, 2.05) is 31.9 Å². The number of carbonyl (C=O) groups is 1. The fourth-order valence-corrected chi connectivity index (χ4v) is 1.87. The number of hydrogen-bond acceptors (Lipinski definition) is 3. The van der Waals surface area contributed by atoms with Crippen molar-refractivity contribution in [2.45, 2.75) is 26.3 Å². The molecule has 1 aromatic rings. The normalized spacial score (nSPS) is 10.9. The Morgan fingerprint density at radius 1 is 1.36 bits per heavy atom. The molecule has 0 heterocycles. The zero-order valence-electron chi connectivity index (χ0n) is 13.1. The molecule has 0 bridgehead atoms. The van der Waals surface area contributed by atoms with Gasteiger partial charge in [0.2, 0.25) is 0 Å². The minimum absolute atomic E-state index is 0.137. The smallest absolute Gasteiger partial charge is 0.322 e. The number of carbonyl (C=O) groups excluding carboxylic acids is 1. The standard InChI is InChI=1S/C15H23F2N3O2/c1-11(2)19(3)13-6-4-5-12(9-13)18-15(22)20(7-8-21)10-14(16)17/h4-6,9,11,14,21H,7-8,10H2,1-3H3,(H,18,22). The second-order valence-corrected chi connectivity index (χ2v) is 5.25. The lowest BCUT2D eigenvalue weighted by Crippen LogP contribution is -2.40. The maximum Gasteiger partial charge on any atom is 0.322 e. The van der Waals surface area contributed by atoms with Gasteiger partial charge in [0.15, 0.2) is 0 Å². The third-order valence-electron chi connectivity index (χ3n) is 3.29. The molecule has 1 aromatic carbocycles. The van der Waals surface area contributed by atoms with Crippen LogP contribution in [0.1, 0.15) is 13.8 Å². The quantitative estimate of drug-likeness (QED) is 0.813. The van der Waals surface area contributed by atoms with Gasteiger partial charge in [0.1, 0.15) is 0 Å².